The number of aryl methyl sites for hydroxylation is 1. The van der Waals surface area contributed by atoms with E-state index in [1.54, 1.807) is 35.6 Å². The number of ether oxygens (including phenoxy) is 2. The summed E-state index contributed by atoms with van der Waals surface area (Å²) in [5, 5.41) is 10.8. The maximum Gasteiger partial charge on any atom is 0.343 e. The molecule has 5 rings (SSSR count). The zero-order valence-electron chi connectivity index (χ0n) is 17.2. The lowest BCUT2D eigenvalue weighted by Crippen LogP contribution is -2.20. The SMILES string of the molecule is Cc1ccc(C(=O)Oc2ccccc2C2C(C#N)=C(N)Oc3c2sc2ccccc32)cc1. The molecule has 1 unspecified atom stereocenters. The molecule has 1 aliphatic heterocycles. The standard InChI is InChI=1S/C26H18N2O3S/c1-15-10-12-16(13-11-15)26(29)30-20-8-4-2-6-17(20)22-19(14-27)25(28)31-23-18-7-3-5-9-21(18)32-24(22)23/h2-13,22H,28H2,1H3. The van der Waals surface area contributed by atoms with Crippen molar-refractivity contribution in [2.75, 3.05) is 0 Å². The number of hydrogen-bond donors (Lipinski definition) is 1. The molecule has 6 heteroatoms. The van der Waals surface area contributed by atoms with Gasteiger partial charge in [0.1, 0.15) is 17.4 Å². The Bertz CT molecular complexity index is 1430. The second-order valence-corrected chi connectivity index (χ2v) is 8.59. The third-order valence-corrected chi connectivity index (χ3v) is 6.66. The van der Waals surface area contributed by atoms with Gasteiger partial charge in [0.15, 0.2) is 5.75 Å². The monoisotopic (exact) mass is 438 g/mol. The minimum absolute atomic E-state index is 0.0632. The highest BCUT2D eigenvalue weighted by molar-refractivity contribution is 7.19. The molecule has 1 aliphatic rings. The van der Waals surface area contributed by atoms with Crippen molar-refractivity contribution in [3.05, 3.63) is 106 Å². The minimum atomic E-state index is -0.497. The fourth-order valence-corrected chi connectivity index (χ4v) is 5.11. The highest BCUT2D eigenvalue weighted by atomic mass is 32.1. The van der Waals surface area contributed by atoms with Gasteiger partial charge < -0.3 is 15.2 Å². The molecule has 0 aliphatic carbocycles. The highest BCUT2D eigenvalue weighted by Gasteiger charge is 2.35. The van der Waals surface area contributed by atoms with E-state index in [0.29, 0.717) is 28.2 Å². The van der Waals surface area contributed by atoms with E-state index >= 15 is 0 Å². The molecule has 0 amide bonds. The lowest BCUT2D eigenvalue weighted by atomic mass is 9.87. The van der Waals surface area contributed by atoms with E-state index in [0.717, 1.165) is 20.5 Å². The summed E-state index contributed by atoms with van der Waals surface area (Å²) in [6.07, 6.45) is 0. The molecule has 2 heterocycles. The number of nitrogens with two attached hydrogens (primary N) is 1. The van der Waals surface area contributed by atoms with Gasteiger partial charge in [0.25, 0.3) is 0 Å². The van der Waals surface area contributed by atoms with E-state index in [9.17, 15) is 10.1 Å². The first-order valence-electron chi connectivity index (χ1n) is 10.0. The van der Waals surface area contributed by atoms with Crippen LogP contribution >= 0.6 is 11.3 Å². The van der Waals surface area contributed by atoms with E-state index in [1.807, 2.05) is 55.5 Å². The van der Waals surface area contributed by atoms with Gasteiger partial charge in [-0.2, -0.15) is 5.26 Å². The fourth-order valence-electron chi connectivity index (χ4n) is 3.85. The Hall–Kier alpha value is -4.08. The summed E-state index contributed by atoms with van der Waals surface area (Å²) in [6.45, 7) is 1.96. The third kappa shape index (κ3) is 3.29. The number of rotatable bonds is 3. The Morgan fingerprint density at radius 1 is 1.06 bits per heavy atom. The molecule has 32 heavy (non-hydrogen) atoms. The number of nitrogens with zero attached hydrogens (tertiary/aromatic N) is 1. The van der Waals surface area contributed by atoms with Crippen molar-refractivity contribution in [3.8, 4) is 17.6 Å². The number of esters is 1. The van der Waals surface area contributed by atoms with Crippen LogP contribution in [-0.2, 0) is 0 Å². The van der Waals surface area contributed by atoms with Gasteiger partial charge in [-0.05, 0) is 37.3 Å². The Morgan fingerprint density at radius 2 is 1.78 bits per heavy atom. The van der Waals surface area contributed by atoms with Gasteiger partial charge in [-0.1, -0.05) is 48.0 Å². The molecule has 5 nitrogen and oxygen atoms in total. The van der Waals surface area contributed by atoms with Crippen LogP contribution in [0.25, 0.3) is 10.1 Å². The van der Waals surface area contributed by atoms with Crippen LogP contribution in [-0.4, -0.2) is 5.97 Å². The van der Waals surface area contributed by atoms with E-state index in [-0.39, 0.29) is 5.88 Å². The van der Waals surface area contributed by atoms with Gasteiger partial charge in [0.2, 0.25) is 5.88 Å². The first-order chi connectivity index (χ1) is 15.6. The van der Waals surface area contributed by atoms with Crippen LogP contribution in [0.1, 0.15) is 32.3 Å². The third-order valence-electron chi connectivity index (χ3n) is 5.44. The predicted molar refractivity (Wildman–Crippen MR) is 124 cm³/mol. The second-order valence-electron chi connectivity index (χ2n) is 7.51. The van der Waals surface area contributed by atoms with Crippen LogP contribution in [0.5, 0.6) is 11.5 Å². The number of thiophene rings is 1. The average molecular weight is 439 g/mol. The molecule has 0 spiro atoms. The summed E-state index contributed by atoms with van der Waals surface area (Å²) in [4.78, 5) is 13.7. The number of hydrogen-bond acceptors (Lipinski definition) is 6. The number of allylic oxidation sites excluding steroid dienone is 1. The fraction of sp³-hybridized carbons (Fsp3) is 0.0769. The Morgan fingerprint density at radius 3 is 2.56 bits per heavy atom. The van der Waals surface area contributed by atoms with Crippen LogP contribution in [0.15, 0.2) is 84.3 Å². The first-order valence-corrected chi connectivity index (χ1v) is 10.8. The van der Waals surface area contributed by atoms with Crippen LogP contribution < -0.4 is 15.2 Å². The first kappa shape index (κ1) is 19.9. The normalized spacial score (nSPS) is 15.1. The average Bonchev–Trinajstić information content (AvgIpc) is 3.17. The maximum atomic E-state index is 12.8. The second kappa shape index (κ2) is 7.88. The molecule has 4 aromatic rings. The number of nitriles is 1. The van der Waals surface area contributed by atoms with Crippen molar-refractivity contribution >= 4 is 27.4 Å². The van der Waals surface area contributed by atoms with E-state index in [4.69, 9.17) is 15.2 Å². The molecule has 0 saturated heterocycles. The quantitative estimate of drug-likeness (QED) is 0.330. The minimum Gasteiger partial charge on any atom is -0.439 e. The zero-order chi connectivity index (χ0) is 22.2. The zero-order valence-corrected chi connectivity index (χ0v) is 18.0. The summed E-state index contributed by atoms with van der Waals surface area (Å²) in [5.41, 5.74) is 8.66. The molecule has 3 aromatic carbocycles. The Kier molecular flexibility index (Phi) is 4.89. The van der Waals surface area contributed by atoms with Crippen LogP contribution in [0.2, 0.25) is 0 Å². The van der Waals surface area contributed by atoms with Crippen molar-refractivity contribution in [3.63, 3.8) is 0 Å². The largest absolute Gasteiger partial charge is 0.439 e. The molecule has 0 radical (unpaired) electrons. The predicted octanol–water partition coefficient (Wildman–Crippen LogP) is 5.65. The lowest BCUT2D eigenvalue weighted by molar-refractivity contribution is 0.0733. The molecule has 0 bridgehead atoms. The van der Waals surface area contributed by atoms with Crippen molar-refractivity contribution in [1.82, 2.24) is 0 Å². The molecular weight excluding hydrogens is 420 g/mol. The Labute approximate surface area is 188 Å². The van der Waals surface area contributed by atoms with Crippen molar-refractivity contribution < 1.29 is 14.3 Å². The molecule has 0 saturated carbocycles. The number of para-hydroxylation sites is 1. The molecule has 156 valence electrons. The van der Waals surface area contributed by atoms with Gasteiger partial charge in [0.05, 0.1) is 16.4 Å². The van der Waals surface area contributed by atoms with E-state index in [1.165, 1.54) is 0 Å². The molecule has 0 fully saturated rings. The molecule has 2 N–H and O–H groups in total. The van der Waals surface area contributed by atoms with Gasteiger partial charge in [-0.25, -0.2) is 4.79 Å². The summed E-state index contributed by atoms with van der Waals surface area (Å²) >= 11 is 1.54. The number of carbonyl (C=O) groups excluding carboxylic acids is 1. The maximum absolute atomic E-state index is 12.8. The van der Waals surface area contributed by atoms with Gasteiger partial charge >= 0.3 is 5.97 Å². The van der Waals surface area contributed by atoms with E-state index < -0.39 is 11.9 Å². The topological polar surface area (TPSA) is 85.3 Å². The number of benzene rings is 3. The van der Waals surface area contributed by atoms with Crippen LogP contribution in [0.3, 0.4) is 0 Å². The van der Waals surface area contributed by atoms with Crippen molar-refractivity contribution in [2.24, 2.45) is 5.73 Å². The van der Waals surface area contributed by atoms with Crippen molar-refractivity contribution in [1.29, 1.82) is 5.26 Å². The summed E-state index contributed by atoms with van der Waals surface area (Å²) in [6, 6.07) is 24.5. The van der Waals surface area contributed by atoms with Crippen LogP contribution in [0, 0.1) is 18.3 Å². The number of carbonyl (C=O) groups is 1. The molecule has 1 aromatic heterocycles. The van der Waals surface area contributed by atoms with Crippen LogP contribution in [0.4, 0.5) is 0 Å². The Balaban J connectivity index is 1.63. The number of fused-ring (bicyclic) bond motifs is 3. The van der Waals surface area contributed by atoms with E-state index in [2.05, 4.69) is 6.07 Å². The summed E-state index contributed by atoms with van der Waals surface area (Å²) in [5.74, 6) is 0.133. The smallest absolute Gasteiger partial charge is 0.343 e. The van der Waals surface area contributed by atoms with Crippen molar-refractivity contribution in [2.45, 2.75) is 12.8 Å². The summed E-state index contributed by atoms with van der Waals surface area (Å²) in [7, 11) is 0. The summed E-state index contributed by atoms with van der Waals surface area (Å²) < 4.78 is 12.7. The van der Waals surface area contributed by atoms with Gasteiger partial charge in [0, 0.05) is 15.6 Å². The van der Waals surface area contributed by atoms with Gasteiger partial charge in [-0.3, -0.25) is 0 Å². The highest BCUT2D eigenvalue weighted by Crippen LogP contribution is 2.51. The molecule has 1 atom stereocenters. The van der Waals surface area contributed by atoms with Gasteiger partial charge in [-0.15, -0.1) is 11.3 Å². The molecular formula is C26H18N2O3S. The lowest BCUT2D eigenvalue weighted by Gasteiger charge is -2.25.